The van der Waals surface area contributed by atoms with Crippen molar-refractivity contribution in [2.24, 2.45) is 16.8 Å². The zero-order valence-corrected chi connectivity index (χ0v) is 36.7. The highest BCUT2D eigenvalue weighted by Crippen LogP contribution is 2.38. The van der Waals surface area contributed by atoms with Crippen molar-refractivity contribution in [2.75, 3.05) is 19.8 Å². The molecule has 65 heavy (non-hydrogen) atoms. The number of hydrogen-bond acceptors (Lipinski definition) is 11. The van der Waals surface area contributed by atoms with Gasteiger partial charge in [-0.2, -0.15) is 0 Å². The fourth-order valence-electron chi connectivity index (χ4n) is 7.95. The van der Waals surface area contributed by atoms with Crippen LogP contribution in [-0.4, -0.2) is 79.1 Å². The van der Waals surface area contributed by atoms with Crippen molar-refractivity contribution in [1.29, 1.82) is 0 Å². The number of aliphatic hydroxyl groups excluding tert-OH is 1. The minimum atomic E-state index is -1.40. The number of Topliss-reactive ketones (excluding diaryl/α,β-unsaturated/α-hetero) is 1. The quantitative estimate of drug-likeness (QED) is 0.0545. The Morgan fingerprint density at radius 1 is 0.738 bits per heavy atom. The molecule has 0 bridgehead atoms. The standard InChI is InChI=1S/C54H53NO10/c1-35(2)45-33-55-50(43(45)31-42-28-27-37(30-36(42)3)18-16-17-29-56)65-54-44(32-46(57)38-19-8-4-9-20-38)48(63-52(59)40-23-12-6-13-24-40)49(64-53(60)41-25-14-7-15-26-41)47(62-54)34-61-51(58)39-21-10-5-11-22-39/h4-16,18-28,30,35,44,47-49,54,56H,17,29,31-34H2,1-3H3/b18-16+/t44-,47-,48-,49-,54+/m1/s1. The molecule has 0 unspecified atom stereocenters. The molecule has 5 aromatic carbocycles. The number of esters is 3. The highest BCUT2D eigenvalue weighted by molar-refractivity contribution is 5.98. The molecule has 1 fully saturated rings. The predicted octanol–water partition coefficient (Wildman–Crippen LogP) is 9.24. The van der Waals surface area contributed by atoms with Crippen molar-refractivity contribution in [3.63, 3.8) is 0 Å². The summed E-state index contributed by atoms with van der Waals surface area (Å²) in [5, 5.41) is 9.26. The Kier molecular flexibility index (Phi) is 15.7. The normalized spacial score (nSPS) is 19.5. The fourth-order valence-corrected chi connectivity index (χ4v) is 7.95. The van der Waals surface area contributed by atoms with Crippen molar-refractivity contribution in [3.8, 4) is 0 Å². The Bertz CT molecular complexity index is 2520. The maximum atomic E-state index is 14.3. The van der Waals surface area contributed by atoms with Gasteiger partial charge in [0.1, 0.15) is 12.7 Å². The zero-order valence-electron chi connectivity index (χ0n) is 36.7. The lowest BCUT2D eigenvalue weighted by Crippen LogP contribution is -2.60. The third-order valence-electron chi connectivity index (χ3n) is 11.5. The number of carbonyl (C=O) groups excluding carboxylic acids is 4. The summed E-state index contributed by atoms with van der Waals surface area (Å²) in [4.78, 5) is 60.8. The molecule has 2 aliphatic heterocycles. The smallest absolute Gasteiger partial charge is 0.338 e. The molecule has 7 rings (SSSR count). The first-order valence-electron chi connectivity index (χ1n) is 21.9. The Morgan fingerprint density at radius 2 is 1.29 bits per heavy atom. The average Bonchev–Trinajstić information content (AvgIpc) is 3.73. The second-order valence-corrected chi connectivity index (χ2v) is 16.3. The van der Waals surface area contributed by atoms with Gasteiger partial charge in [0.2, 0.25) is 12.2 Å². The topological polar surface area (TPSA) is 147 Å². The lowest BCUT2D eigenvalue weighted by atomic mass is 9.85. The van der Waals surface area contributed by atoms with Crippen LogP contribution in [0.1, 0.15) is 84.8 Å². The number of aryl methyl sites for hydroxylation is 1. The van der Waals surface area contributed by atoms with E-state index in [2.05, 4.69) is 26.0 Å². The van der Waals surface area contributed by atoms with Gasteiger partial charge in [-0.25, -0.2) is 19.4 Å². The molecule has 1 N–H and O–H groups in total. The van der Waals surface area contributed by atoms with Crippen LogP contribution < -0.4 is 0 Å². The number of ether oxygens (including phenoxy) is 5. The third-order valence-corrected chi connectivity index (χ3v) is 11.5. The Labute approximate surface area is 379 Å². The van der Waals surface area contributed by atoms with Gasteiger partial charge in [0.05, 0.1) is 29.2 Å². The Balaban J connectivity index is 1.30. The molecule has 1 saturated heterocycles. The lowest BCUT2D eigenvalue weighted by Gasteiger charge is -2.45. The van der Waals surface area contributed by atoms with Crippen LogP contribution in [0.2, 0.25) is 0 Å². The summed E-state index contributed by atoms with van der Waals surface area (Å²) in [5.74, 6) is -3.11. The SMILES string of the molecule is Cc1cc(/C=C/CCO)ccc1CC1=C(C(C)C)CN=C1O[C@@H]1O[C@H](COC(=O)c2ccccc2)[C@@H](OC(=O)c2ccccc2)[C@H](OC(=O)c2ccccc2)[C@H]1CC(=O)c1ccccc1. The van der Waals surface area contributed by atoms with E-state index in [1.807, 2.05) is 25.1 Å². The first-order valence-corrected chi connectivity index (χ1v) is 21.9. The maximum Gasteiger partial charge on any atom is 0.338 e. The molecule has 0 aliphatic carbocycles. The van der Waals surface area contributed by atoms with E-state index >= 15 is 0 Å². The molecule has 5 aromatic rings. The van der Waals surface area contributed by atoms with E-state index in [0.717, 1.165) is 27.8 Å². The van der Waals surface area contributed by atoms with Gasteiger partial charge >= 0.3 is 17.9 Å². The van der Waals surface area contributed by atoms with Gasteiger partial charge in [0.15, 0.2) is 18.0 Å². The van der Waals surface area contributed by atoms with E-state index < -0.39 is 55.0 Å². The third kappa shape index (κ3) is 11.8. The number of rotatable bonds is 17. The predicted molar refractivity (Wildman–Crippen MR) is 246 cm³/mol. The summed E-state index contributed by atoms with van der Waals surface area (Å²) in [6.45, 7) is 6.23. The van der Waals surface area contributed by atoms with Gasteiger partial charge in [-0.3, -0.25) is 4.79 Å². The molecule has 0 saturated carbocycles. The minimum absolute atomic E-state index is 0.0725. The molecule has 11 nitrogen and oxygen atoms in total. The number of benzene rings is 5. The number of aliphatic imine (C=N–C) groups is 1. The highest BCUT2D eigenvalue weighted by atomic mass is 16.7. The van der Waals surface area contributed by atoms with Gasteiger partial charge in [-0.1, -0.05) is 129 Å². The summed E-state index contributed by atoms with van der Waals surface area (Å²) in [6, 6.07) is 40.0. The molecule has 11 heteroatoms. The summed E-state index contributed by atoms with van der Waals surface area (Å²) in [6.07, 6.45) is -0.669. The van der Waals surface area contributed by atoms with E-state index in [1.165, 1.54) is 0 Å². The van der Waals surface area contributed by atoms with E-state index in [-0.39, 0.29) is 41.4 Å². The number of ketones is 1. The minimum Gasteiger partial charge on any atom is -0.459 e. The summed E-state index contributed by atoms with van der Waals surface area (Å²) >= 11 is 0. The molecule has 5 atom stereocenters. The van der Waals surface area contributed by atoms with Crippen LogP contribution >= 0.6 is 0 Å². The number of hydrogen-bond donors (Lipinski definition) is 1. The first kappa shape index (κ1) is 46.1. The lowest BCUT2D eigenvalue weighted by molar-refractivity contribution is -0.262. The largest absolute Gasteiger partial charge is 0.459 e. The van der Waals surface area contributed by atoms with Crippen molar-refractivity contribution in [3.05, 3.63) is 196 Å². The Morgan fingerprint density at radius 3 is 1.85 bits per heavy atom. The molecule has 0 spiro atoms. The Hall–Kier alpha value is -6.95. The first-order chi connectivity index (χ1) is 31.6. The van der Waals surface area contributed by atoms with Gasteiger partial charge < -0.3 is 28.8 Å². The van der Waals surface area contributed by atoms with Crippen LogP contribution in [-0.2, 0) is 30.1 Å². The van der Waals surface area contributed by atoms with Crippen LogP contribution in [0.4, 0.5) is 0 Å². The van der Waals surface area contributed by atoms with Crippen LogP contribution in [0.15, 0.2) is 162 Å². The zero-order chi connectivity index (χ0) is 45.7. The molecular weight excluding hydrogens is 823 g/mol. The van der Waals surface area contributed by atoms with Gasteiger partial charge in [0.25, 0.3) is 0 Å². The van der Waals surface area contributed by atoms with Crippen LogP contribution in [0.5, 0.6) is 0 Å². The molecule has 0 amide bonds. The van der Waals surface area contributed by atoms with Gasteiger partial charge in [-0.15, -0.1) is 0 Å². The van der Waals surface area contributed by atoms with Gasteiger partial charge in [0, 0.05) is 30.6 Å². The van der Waals surface area contributed by atoms with Gasteiger partial charge in [-0.05, 0) is 77.9 Å². The second kappa shape index (κ2) is 22.1. The fraction of sp³-hybridized carbons (Fsp3) is 0.278. The van der Waals surface area contributed by atoms with E-state index in [1.54, 1.807) is 121 Å². The molecule has 0 aromatic heterocycles. The maximum absolute atomic E-state index is 14.3. The summed E-state index contributed by atoms with van der Waals surface area (Å²) < 4.78 is 32.2. The summed E-state index contributed by atoms with van der Waals surface area (Å²) in [5.41, 5.74) is 6.15. The molecule has 2 aliphatic rings. The number of carbonyl (C=O) groups is 4. The molecule has 334 valence electrons. The monoisotopic (exact) mass is 875 g/mol. The number of aliphatic hydroxyl groups is 1. The summed E-state index contributed by atoms with van der Waals surface area (Å²) in [7, 11) is 0. The van der Waals surface area contributed by atoms with Crippen LogP contribution in [0.3, 0.4) is 0 Å². The van der Waals surface area contributed by atoms with Crippen molar-refractivity contribution < 1.29 is 48.0 Å². The van der Waals surface area contributed by atoms with Crippen molar-refractivity contribution >= 4 is 35.7 Å². The second-order valence-electron chi connectivity index (χ2n) is 16.3. The van der Waals surface area contributed by atoms with E-state index in [0.29, 0.717) is 30.8 Å². The van der Waals surface area contributed by atoms with E-state index in [4.69, 9.17) is 28.7 Å². The molecule has 2 heterocycles. The molecular formula is C54H53NO10. The average molecular weight is 876 g/mol. The van der Waals surface area contributed by atoms with E-state index in [9.17, 15) is 24.3 Å². The van der Waals surface area contributed by atoms with Crippen LogP contribution in [0, 0.1) is 18.8 Å². The van der Waals surface area contributed by atoms with Crippen molar-refractivity contribution in [2.45, 2.75) is 64.6 Å². The highest BCUT2D eigenvalue weighted by Gasteiger charge is 2.53. The van der Waals surface area contributed by atoms with Crippen LogP contribution in [0.25, 0.3) is 6.08 Å². The van der Waals surface area contributed by atoms with Crippen molar-refractivity contribution in [1.82, 2.24) is 0 Å². The molecule has 0 radical (unpaired) electrons. The number of nitrogens with zero attached hydrogens (tertiary/aromatic N) is 1.